The average molecular weight is 505 g/mol. The quantitative estimate of drug-likeness (QED) is 0.379. The van der Waals surface area contributed by atoms with E-state index < -0.39 is 28.9 Å². The number of anilines is 1. The first kappa shape index (κ1) is 23.5. The first-order chi connectivity index (χ1) is 18.0. The maximum atomic E-state index is 14.4. The molecule has 1 N–H and O–H groups in total. The van der Waals surface area contributed by atoms with E-state index in [0.29, 0.717) is 55.5 Å². The molecule has 4 aliphatic heterocycles. The molecule has 0 saturated carbocycles. The molecule has 2 atom stereocenters. The zero-order chi connectivity index (χ0) is 25.7. The number of amides is 2. The van der Waals surface area contributed by atoms with Crippen LogP contribution in [0.5, 0.6) is 11.5 Å². The topological polar surface area (TPSA) is 106 Å². The molecule has 0 aromatic heterocycles. The normalized spacial score (nSPS) is 25.9. The monoisotopic (exact) mass is 504 g/mol. The summed E-state index contributed by atoms with van der Waals surface area (Å²) in [6.45, 7) is 3.76. The van der Waals surface area contributed by atoms with Gasteiger partial charge in [0, 0.05) is 30.8 Å². The second-order valence-electron chi connectivity index (χ2n) is 9.65. The third-order valence-electron chi connectivity index (χ3n) is 7.48. The van der Waals surface area contributed by atoms with Crippen molar-refractivity contribution in [3.05, 3.63) is 59.2 Å². The van der Waals surface area contributed by atoms with Crippen LogP contribution in [0.15, 0.2) is 48.0 Å². The largest absolute Gasteiger partial charge is 0.507 e. The van der Waals surface area contributed by atoms with Gasteiger partial charge in [0.2, 0.25) is 0 Å². The minimum Gasteiger partial charge on any atom is -0.507 e. The molecular formula is C28H28N2O7. The molecule has 0 bridgehead atoms. The summed E-state index contributed by atoms with van der Waals surface area (Å²) >= 11 is 0. The van der Waals surface area contributed by atoms with E-state index in [4.69, 9.17) is 14.2 Å². The number of fused-ring (bicyclic) bond motifs is 3. The number of ether oxygens (including phenoxy) is 3. The lowest BCUT2D eigenvalue weighted by molar-refractivity contribution is -0.145. The summed E-state index contributed by atoms with van der Waals surface area (Å²) in [6, 6.07) is 12.0. The van der Waals surface area contributed by atoms with Gasteiger partial charge in [0.05, 0.1) is 17.4 Å². The van der Waals surface area contributed by atoms with Gasteiger partial charge in [-0.05, 0) is 43.5 Å². The van der Waals surface area contributed by atoms with Crippen molar-refractivity contribution < 1.29 is 33.7 Å². The minimum atomic E-state index is -1.79. The summed E-state index contributed by atoms with van der Waals surface area (Å²) in [6.07, 6.45) is 1.93. The number of Topliss-reactive ketones (excluding diaryl/α,β-unsaturated/α-hetero) is 1. The van der Waals surface area contributed by atoms with Crippen molar-refractivity contribution in [2.75, 3.05) is 37.8 Å². The number of nitrogens with zero attached hydrogens (tertiary/aromatic N) is 2. The van der Waals surface area contributed by atoms with Gasteiger partial charge in [-0.15, -0.1) is 0 Å². The lowest BCUT2D eigenvalue weighted by Gasteiger charge is -2.35. The summed E-state index contributed by atoms with van der Waals surface area (Å²) < 4.78 is 17.1. The van der Waals surface area contributed by atoms with Crippen LogP contribution in [0.3, 0.4) is 0 Å². The van der Waals surface area contributed by atoms with Gasteiger partial charge in [-0.2, -0.15) is 0 Å². The molecule has 6 rings (SSSR count). The molecule has 192 valence electrons. The molecule has 2 saturated heterocycles. The standard InChI is InChI=1S/C28H28N2O7/c1-2-11-29-20-8-4-3-7-19(20)28(27(29)34)23(25(32)26(33)30(28)16-18-6-5-12-35-18)24(31)17-9-10-21-22(15-17)37-14-13-36-21/h3-4,7-10,15,18,31H,2,5-6,11-14,16H2,1H3. The second-order valence-corrected chi connectivity index (χ2v) is 9.65. The molecule has 2 amide bonds. The predicted octanol–water partition coefficient (Wildman–Crippen LogP) is 2.97. The van der Waals surface area contributed by atoms with Crippen molar-refractivity contribution in [2.24, 2.45) is 0 Å². The van der Waals surface area contributed by atoms with Gasteiger partial charge in [0.1, 0.15) is 19.0 Å². The number of aliphatic hydroxyl groups excluding tert-OH is 1. The average Bonchev–Trinajstić information content (AvgIpc) is 3.58. The van der Waals surface area contributed by atoms with Crippen molar-refractivity contribution in [3.63, 3.8) is 0 Å². The Balaban J connectivity index is 1.59. The molecule has 0 aliphatic carbocycles. The number of carbonyl (C=O) groups excluding carboxylic acids is 3. The Kier molecular flexibility index (Phi) is 5.67. The number of rotatable bonds is 5. The van der Waals surface area contributed by atoms with Crippen LogP contribution in [-0.4, -0.2) is 66.6 Å². The van der Waals surface area contributed by atoms with E-state index >= 15 is 0 Å². The summed E-state index contributed by atoms with van der Waals surface area (Å²) in [7, 11) is 0. The lowest BCUT2D eigenvalue weighted by Crippen LogP contribution is -2.53. The molecule has 2 aromatic carbocycles. The van der Waals surface area contributed by atoms with E-state index in [9.17, 15) is 19.5 Å². The fraction of sp³-hybridized carbons (Fsp3) is 0.393. The minimum absolute atomic E-state index is 0.0720. The number of benzene rings is 2. The van der Waals surface area contributed by atoms with Crippen molar-refractivity contribution in [1.29, 1.82) is 0 Å². The maximum absolute atomic E-state index is 14.4. The SMILES string of the molecule is CCCN1C(=O)C2(C(=C(O)c3ccc4c(c3)OCCO4)C(=O)C(=O)N2CC2CCCO2)c2ccccc21. The van der Waals surface area contributed by atoms with Gasteiger partial charge in [0.15, 0.2) is 17.0 Å². The number of ketones is 1. The molecule has 2 unspecified atom stereocenters. The van der Waals surface area contributed by atoms with Crippen LogP contribution in [0.4, 0.5) is 5.69 Å². The summed E-state index contributed by atoms with van der Waals surface area (Å²) in [5.74, 6) is -1.63. The third kappa shape index (κ3) is 3.37. The number of para-hydroxylation sites is 1. The zero-order valence-electron chi connectivity index (χ0n) is 20.6. The number of carbonyl (C=O) groups is 3. The fourth-order valence-corrected chi connectivity index (χ4v) is 5.89. The molecule has 9 nitrogen and oxygen atoms in total. The highest BCUT2D eigenvalue weighted by atomic mass is 16.6. The van der Waals surface area contributed by atoms with Crippen LogP contribution in [0, 0.1) is 0 Å². The summed E-state index contributed by atoms with van der Waals surface area (Å²) in [5.41, 5.74) is -0.629. The Morgan fingerprint density at radius 1 is 1.05 bits per heavy atom. The molecular weight excluding hydrogens is 476 g/mol. The van der Waals surface area contributed by atoms with Crippen LogP contribution in [-0.2, 0) is 24.7 Å². The smallest absolute Gasteiger partial charge is 0.296 e. The van der Waals surface area contributed by atoms with Gasteiger partial charge in [-0.25, -0.2) is 0 Å². The highest BCUT2D eigenvalue weighted by Crippen LogP contribution is 2.54. The molecule has 4 aliphatic rings. The molecule has 2 aromatic rings. The van der Waals surface area contributed by atoms with Crippen LogP contribution < -0.4 is 14.4 Å². The van der Waals surface area contributed by atoms with E-state index in [-0.39, 0.29) is 23.8 Å². The Labute approximate surface area is 214 Å². The number of hydrogen-bond donors (Lipinski definition) is 1. The fourth-order valence-electron chi connectivity index (χ4n) is 5.89. The molecule has 1 spiro atoms. The van der Waals surface area contributed by atoms with Gasteiger partial charge < -0.3 is 29.1 Å². The summed E-state index contributed by atoms with van der Waals surface area (Å²) in [5, 5.41) is 11.7. The Bertz CT molecular complexity index is 1330. The van der Waals surface area contributed by atoms with E-state index in [1.165, 1.54) is 4.90 Å². The van der Waals surface area contributed by atoms with Gasteiger partial charge in [0.25, 0.3) is 17.6 Å². The van der Waals surface area contributed by atoms with Crippen LogP contribution in [0.25, 0.3) is 5.76 Å². The van der Waals surface area contributed by atoms with Crippen molar-refractivity contribution >= 4 is 29.0 Å². The lowest BCUT2D eigenvalue weighted by atomic mass is 9.81. The first-order valence-corrected chi connectivity index (χ1v) is 12.7. The van der Waals surface area contributed by atoms with E-state index in [1.54, 1.807) is 35.2 Å². The number of aliphatic hydroxyl groups is 1. The van der Waals surface area contributed by atoms with Crippen molar-refractivity contribution in [2.45, 2.75) is 37.8 Å². The van der Waals surface area contributed by atoms with Gasteiger partial charge in [-0.3, -0.25) is 14.4 Å². The molecule has 2 fully saturated rings. The number of likely N-dealkylation sites (tertiary alicyclic amines) is 1. The molecule has 9 heteroatoms. The van der Waals surface area contributed by atoms with Crippen molar-refractivity contribution in [1.82, 2.24) is 4.90 Å². The highest BCUT2D eigenvalue weighted by molar-refractivity contribution is 6.50. The van der Waals surface area contributed by atoms with Gasteiger partial charge >= 0.3 is 0 Å². The zero-order valence-corrected chi connectivity index (χ0v) is 20.6. The van der Waals surface area contributed by atoms with E-state index in [1.807, 2.05) is 19.1 Å². The molecule has 0 radical (unpaired) electrons. The maximum Gasteiger partial charge on any atom is 0.296 e. The van der Waals surface area contributed by atoms with Crippen LogP contribution >= 0.6 is 0 Å². The Morgan fingerprint density at radius 3 is 2.59 bits per heavy atom. The van der Waals surface area contributed by atoms with E-state index in [0.717, 1.165) is 12.8 Å². The molecule has 37 heavy (non-hydrogen) atoms. The number of hydrogen-bond acceptors (Lipinski definition) is 7. The second kappa shape index (κ2) is 8.92. The van der Waals surface area contributed by atoms with E-state index in [2.05, 4.69) is 0 Å². The first-order valence-electron chi connectivity index (χ1n) is 12.7. The Morgan fingerprint density at radius 2 is 1.84 bits per heavy atom. The van der Waals surface area contributed by atoms with Gasteiger partial charge in [-0.1, -0.05) is 25.1 Å². The molecule has 4 heterocycles. The third-order valence-corrected chi connectivity index (χ3v) is 7.48. The van der Waals surface area contributed by atoms with Crippen molar-refractivity contribution in [3.8, 4) is 11.5 Å². The summed E-state index contributed by atoms with van der Waals surface area (Å²) in [4.78, 5) is 44.6. The van der Waals surface area contributed by atoms with Crippen LogP contribution in [0.1, 0.15) is 37.3 Å². The Hall–Kier alpha value is -3.85. The predicted molar refractivity (Wildman–Crippen MR) is 133 cm³/mol. The highest BCUT2D eigenvalue weighted by Gasteiger charge is 2.67. The van der Waals surface area contributed by atoms with Crippen LogP contribution in [0.2, 0.25) is 0 Å².